The molecular weight excluding hydrogens is 428 g/mol. The van der Waals surface area contributed by atoms with Crippen molar-refractivity contribution in [2.75, 3.05) is 26.3 Å². The second kappa shape index (κ2) is 8.12. The minimum absolute atomic E-state index is 0.110. The molecule has 7 nitrogen and oxygen atoms in total. The van der Waals surface area contributed by atoms with Gasteiger partial charge in [0.25, 0.3) is 10.0 Å². The van der Waals surface area contributed by atoms with Gasteiger partial charge in [-0.25, -0.2) is 0 Å². The van der Waals surface area contributed by atoms with Crippen LogP contribution in [0.3, 0.4) is 0 Å². The zero-order chi connectivity index (χ0) is 23.3. The van der Waals surface area contributed by atoms with E-state index in [1.54, 1.807) is 49.1 Å². The van der Waals surface area contributed by atoms with E-state index >= 15 is 0 Å². The van der Waals surface area contributed by atoms with Gasteiger partial charge >= 0.3 is 0 Å². The van der Waals surface area contributed by atoms with Crippen LogP contribution >= 0.6 is 0 Å². The highest BCUT2D eigenvalue weighted by molar-refractivity contribution is 7.90. The molecule has 32 heavy (non-hydrogen) atoms. The van der Waals surface area contributed by atoms with Gasteiger partial charge in [-0.2, -0.15) is 12.8 Å². The standard InChI is InChI=1S/C24H28N2O5S/c1-15-13-16(2)18(4)23(17(15)3)32(29,30)25-21-14-22-24(28,20-8-6-5-7-19(20)21)31-12-10-26(22)9-11-27/h5-8,13-14,27-28H,9-12H2,1-4H3/t24-/m0/s1. The molecule has 0 radical (unpaired) electrons. The fourth-order valence-corrected chi connectivity index (χ4v) is 6.09. The van der Waals surface area contributed by atoms with E-state index in [2.05, 4.69) is 4.40 Å². The Morgan fingerprint density at radius 3 is 2.44 bits per heavy atom. The van der Waals surface area contributed by atoms with Crippen LogP contribution in [-0.4, -0.2) is 55.5 Å². The normalized spacial score (nSPS) is 21.9. The molecule has 2 aromatic rings. The van der Waals surface area contributed by atoms with Crippen molar-refractivity contribution in [3.05, 3.63) is 75.5 Å². The number of fused-ring (bicyclic) bond motifs is 3. The third-order valence-corrected chi connectivity index (χ3v) is 7.91. The lowest BCUT2D eigenvalue weighted by Crippen LogP contribution is -2.50. The third kappa shape index (κ3) is 3.57. The Balaban J connectivity index is 1.95. The fraction of sp³-hybridized carbons (Fsp3) is 0.375. The molecule has 2 aromatic carbocycles. The molecule has 0 spiro atoms. The first kappa shape index (κ1) is 22.7. The first-order valence-corrected chi connectivity index (χ1v) is 12.0. The van der Waals surface area contributed by atoms with Gasteiger partial charge < -0.3 is 19.8 Å². The summed E-state index contributed by atoms with van der Waals surface area (Å²) in [7, 11) is -4.04. The van der Waals surface area contributed by atoms with Crippen molar-refractivity contribution >= 4 is 15.7 Å². The van der Waals surface area contributed by atoms with Crippen LogP contribution in [0.5, 0.6) is 0 Å². The van der Waals surface area contributed by atoms with Crippen molar-refractivity contribution < 1.29 is 23.4 Å². The first-order valence-electron chi connectivity index (χ1n) is 10.6. The summed E-state index contributed by atoms with van der Waals surface area (Å²) >= 11 is 0. The minimum Gasteiger partial charge on any atom is -0.395 e. The minimum atomic E-state index is -4.04. The molecule has 1 atom stereocenters. The van der Waals surface area contributed by atoms with Crippen LogP contribution in [0.15, 0.2) is 51.4 Å². The highest BCUT2D eigenvalue weighted by Gasteiger charge is 2.46. The number of morpholine rings is 1. The van der Waals surface area contributed by atoms with E-state index in [0.717, 1.165) is 11.1 Å². The maximum Gasteiger partial charge on any atom is 0.283 e. The van der Waals surface area contributed by atoms with E-state index < -0.39 is 15.8 Å². The summed E-state index contributed by atoms with van der Waals surface area (Å²) in [5.41, 5.74) is 4.65. The lowest BCUT2D eigenvalue weighted by atomic mass is 9.86. The van der Waals surface area contributed by atoms with E-state index in [1.807, 2.05) is 19.9 Å². The number of ether oxygens (including phenoxy) is 1. The Labute approximate surface area is 188 Å². The third-order valence-electron chi connectivity index (χ3n) is 6.35. The van der Waals surface area contributed by atoms with Crippen molar-refractivity contribution in [3.63, 3.8) is 0 Å². The highest BCUT2D eigenvalue weighted by atomic mass is 32.2. The Kier molecular flexibility index (Phi) is 5.75. The summed E-state index contributed by atoms with van der Waals surface area (Å²) in [6, 6.07) is 8.94. The summed E-state index contributed by atoms with van der Waals surface area (Å²) in [5, 5.41) is 20.9. The molecular formula is C24H28N2O5S. The van der Waals surface area contributed by atoms with E-state index in [1.165, 1.54) is 0 Å². The topological polar surface area (TPSA) is 99.4 Å². The Morgan fingerprint density at radius 2 is 1.78 bits per heavy atom. The van der Waals surface area contributed by atoms with Gasteiger partial charge in [-0.05, 0) is 56.0 Å². The predicted molar refractivity (Wildman–Crippen MR) is 122 cm³/mol. The van der Waals surface area contributed by atoms with Crippen molar-refractivity contribution in [3.8, 4) is 0 Å². The van der Waals surface area contributed by atoms with Gasteiger partial charge in [0, 0.05) is 24.2 Å². The molecule has 2 aliphatic rings. The zero-order valence-corrected chi connectivity index (χ0v) is 19.5. The number of allylic oxidation sites excluding steroid dienone is 1. The number of benzene rings is 2. The van der Waals surface area contributed by atoms with Crippen LogP contribution < -0.4 is 0 Å². The lowest BCUT2D eigenvalue weighted by molar-refractivity contribution is -0.219. The molecule has 0 amide bonds. The SMILES string of the molecule is Cc1cc(C)c(C)c(S(=O)(=O)N=C2C=C3N(CCO)CCO[C@@]3(O)c3ccccc32)c1C. The van der Waals surface area contributed by atoms with Gasteiger partial charge in [0.2, 0.25) is 5.79 Å². The number of aliphatic hydroxyl groups excluding tert-OH is 1. The summed E-state index contributed by atoms with van der Waals surface area (Å²) < 4.78 is 37.1. The molecule has 0 unspecified atom stereocenters. The Bertz CT molecular complexity index is 1220. The molecule has 0 saturated carbocycles. The van der Waals surface area contributed by atoms with E-state index in [4.69, 9.17) is 4.74 Å². The number of sulfonamides is 1. The maximum atomic E-state index is 13.5. The van der Waals surface area contributed by atoms with Crippen LogP contribution in [0.2, 0.25) is 0 Å². The van der Waals surface area contributed by atoms with Crippen LogP contribution in [0, 0.1) is 27.7 Å². The molecule has 1 aliphatic heterocycles. The van der Waals surface area contributed by atoms with Crippen LogP contribution in [0.1, 0.15) is 33.4 Å². The molecule has 1 saturated heterocycles. The van der Waals surface area contributed by atoms with Crippen LogP contribution in [0.25, 0.3) is 0 Å². The average Bonchev–Trinajstić information content (AvgIpc) is 2.74. The molecule has 2 N–H and O–H groups in total. The van der Waals surface area contributed by atoms with Crippen molar-refractivity contribution in [1.29, 1.82) is 0 Å². The molecule has 1 heterocycles. The van der Waals surface area contributed by atoms with Crippen molar-refractivity contribution in [1.82, 2.24) is 4.90 Å². The Morgan fingerprint density at radius 1 is 1.12 bits per heavy atom. The number of rotatable bonds is 4. The quantitative estimate of drug-likeness (QED) is 0.733. The Hall–Kier alpha value is -2.52. The largest absolute Gasteiger partial charge is 0.395 e. The second-order valence-corrected chi connectivity index (χ2v) is 9.86. The average molecular weight is 457 g/mol. The number of aryl methyl sites for hydroxylation is 2. The molecule has 0 aromatic heterocycles. The maximum absolute atomic E-state index is 13.5. The van der Waals surface area contributed by atoms with Crippen molar-refractivity contribution in [2.24, 2.45) is 4.40 Å². The number of nitrogens with zero attached hydrogens (tertiary/aromatic N) is 2. The van der Waals surface area contributed by atoms with Gasteiger partial charge in [0.1, 0.15) is 0 Å². The van der Waals surface area contributed by atoms with Crippen molar-refractivity contribution in [2.45, 2.75) is 38.4 Å². The van der Waals surface area contributed by atoms with Crippen LogP contribution in [-0.2, 0) is 20.5 Å². The smallest absolute Gasteiger partial charge is 0.283 e. The van der Waals surface area contributed by atoms with E-state index in [0.29, 0.717) is 34.5 Å². The predicted octanol–water partition coefficient (Wildman–Crippen LogP) is 2.47. The summed E-state index contributed by atoms with van der Waals surface area (Å²) in [4.78, 5) is 2.01. The van der Waals surface area contributed by atoms with Gasteiger partial charge in [0.05, 0.1) is 29.5 Å². The monoisotopic (exact) mass is 456 g/mol. The van der Waals surface area contributed by atoms with E-state index in [9.17, 15) is 18.6 Å². The number of aliphatic hydroxyl groups is 2. The van der Waals surface area contributed by atoms with Gasteiger partial charge in [-0.1, -0.05) is 30.3 Å². The van der Waals surface area contributed by atoms with Gasteiger partial charge in [-0.3, -0.25) is 0 Å². The second-order valence-electron chi connectivity index (χ2n) is 8.32. The molecule has 1 fully saturated rings. The summed E-state index contributed by atoms with van der Waals surface area (Å²) in [6.45, 7) is 8.27. The van der Waals surface area contributed by atoms with Gasteiger partial charge in [0.15, 0.2) is 0 Å². The summed E-state index contributed by atoms with van der Waals surface area (Å²) in [5.74, 6) is -1.72. The number of hydrogen-bond donors (Lipinski definition) is 2. The number of β-amino-alcohol motifs (C(OH)–C–C–N with tert-alkyl or cyclic N) is 1. The molecule has 8 heteroatoms. The lowest BCUT2D eigenvalue weighted by Gasteiger charge is -2.45. The molecule has 4 rings (SSSR count). The van der Waals surface area contributed by atoms with Gasteiger partial charge in [-0.15, -0.1) is 0 Å². The zero-order valence-electron chi connectivity index (χ0n) is 18.7. The molecule has 0 bridgehead atoms. The van der Waals surface area contributed by atoms with Crippen LogP contribution in [0.4, 0.5) is 0 Å². The number of hydrogen-bond acceptors (Lipinski definition) is 6. The molecule has 170 valence electrons. The fourth-order valence-electron chi connectivity index (χ4n) is 4.50. The van der Waals surface area contributed by atoms with E-state index in [-0.39, 0.29) is 30.4 Å². The molecule has 1 aliphatic carbocycles. The highest BCUT2D eigenvalue weighted by Crippen LogP contribution is 2.41. The first-order chi connectivity index (χ1) is 15.1. The summed E-state index contributed by atoms with van der Waals surface area (Å²) in [6.07, 6.45) is 1.56.